The number of esters is 1. The topological polar surface area (TPSA) is 83.8 Å². The van der Waals surface area contributed by atoms with Crippen molar-refractivity contribution in [1.29, 1.82) is 0 Å². The van der Waals surface area contributed by atoms with Crippen molar-refractivity contribution in [1.82, 2.24) is 19.7 Å². The van der Waals surface area contributed by atoms with Gasteiger partial charge in [-0.1, -0.05) is 42.0 Å². The van der Waals surface area contributed by atoms with Crippen molar-refractivity contribution in [2.24, 2.45) is 0 Å². The standard InChI is InChI=1S/C29H34N6O3/c1-5-38-28(37)26-22(4)34(29-30-19-31-35(29)27(26)23-11-9-20(2)10-12-23)18-25(36)33-15-13-32(14-16-33)24-8-6-7-21(3)17-24/h6-12,17,19,27H,5,13-16,18H2,1-4H3/t27-/m0/s1. The number of piperazine rings is 1. The van der Waals surface area contributed by atoms with Crippen molar-refractivity contribution in [2.45, 2.75) is 33.7 Å². The molecule has 1 aromatic heterocycles. The van der Waals surface area contributed by atoms with Gasteiger partial charge < -0.3 is 19.4 Å². The molecular formula is C29H34N6O3. The quantitative estimate of drug-likeness (QED) is 0.466. The summed E-state index contributed by atoms with van der Waals surface area (Å²) >= 11 is 0. The average molecular weight is 515 g/mol. The molecule has 0 N–H and O–H groups in total. The lowest BCUT2D eigenvalue weighted by Crippen LogP contribution is -2.52. The van der Waals surface area contributed by atoms with Crippen LogP contribution in [0.4, 0.5) is 11.6 Å². The van der Waals surface area contributed by atoms with E-state index in [1.165, 1.54) is 17.6 Å². The Morgan fingerprint density at radius 3 is 2.39 bits per heavy atom. The summed E-state index contributed by atoms with van der Waals surface area (Å²) in [4.78, 5) is 37.2. The number of aryl methyl sites for hydroxylation is 2. The van der Waals surface area contributed by atoms with Crippen LogP contribution in [0.3, 0.4) is 0 Å². The van der Waals surface area contributed by atoms with Crippen LogP contribution >= 0.6 is 0 Å². The molecule has 2 aromatic carbocycles. The number of nitrogens with zero attached hydrogens (tertiary/aromatic N) is 6. The summed E-state index contributed by atoms with van der Waals surface area (Å²) in [6.45, 7) is 10.9. The maximum atomic E-state index is 13.5. The van der Waals surface area contributed by atoms with Crippen LogP contribution in [0.1, 0.15) is 36.6 Å². The Balaban J connectivity index is 1.39. The second-order valence-electron chi connectivity index (χ2n) is 9.83. The Bertz CT molecular complexity index is 1350. The zero-order valence-corrected chi connectivity index (χ0v) is 22.4. The van der Waals surface area contributed by atoms with Crippen LogP contribution in [0.5, 0.6) is 0 Å². The Kier molecular flexibility index (Phi) is 7.18. The van der Waals surface area contributed by atoms with Crippen LogP contribution in [-0.4, -0.2) is 70.9 Å². The van der Waals surface area contributed by atoms with Crippen LogP contribution in [0.2, 0.25) is 0 Å². The molecule has 9 heteroatoms. The average Bonchev–Trinajstić information content (AvgIpc) is 3.40. The van der Waals surface area contributed by atoms with Crippen molar-refractivity contribution in [2.75, 3.05) is 49.1 Å². The van der Waals surface area contributed by atoms with Crippen LogP contribution in [0, 0.1) is 13.8 Å². The molecule has 1 fully saturated rings. The van der Waals surface area contributed by atoms with Gasteiger partial charge in [-0.3, -0.25) is 4.79 Å². The number of benzene rings is 2. The van der Waals surface area contributed by atoms with Crippen LogP contribution in [0.25, 0.3) is 0 Å². The third-order valence-electron chi connectivity index (χ3n) is 7.29. The molecule has 3 aromatic rings. The summed E-state index contributed by atoms with van der Waals surface area (Å²) in [6.07, 6.45) is 1.47. The molecule has 3 heterocycles. The normalized spacial score (nSPS) is 17.5. The fourth-order valence-corrected chi connectivity index (χ4v) is 5.22. The molecule has 1 saturated heterocycles. The third kappa shape index (κ3) is 4.88. The van der Waals surface area contributed by atoms with Gasteiger partial charge in [-0.15, -0.1) is 0 Å². The number of amides is 1. The first kappa shape index (κ1) is 25.5. The maximum absolute atomic E-state index is 13.5. The number of allylic oxidation sites excluding steroid dienone is 1. The van der Waals surface area contributed by atoms with E-state index in [2.05, 4.69) is 46.2 Å². The fraction of sp³-hybridized carbons (Fsp3) is 0.379. The highest BCUT2D eigenvalue weighted by Gasteiger charge is 2.39. The highest BCUT2D eigenvalue weighted by molar-refractivity contribution is 5.93. The smallest absolute Gasteiger partial charge is 0.338 e. The van der Waals surface area contributed by atoms with Crippen molar-refractivity contribution in [3.05, 3.63) is 82.8 Å². The molecule has 2 aliphatic rings. The summed E-state index contributed by atoms with van der Waals surface area (Å²) in [5.74, 6) is 0.105. The SMILES string of the molecule is CCOC(=O)C1=C(C)N(CC(=O)N2CCN(c3cccc(C)c3)CC2)c2ncnn2[C@H]1c1ccc(C)cc1. The molecule has 1 atom stereocenters. The molecule has 0 saturated carbocycles. The summed E-state index contributed by atoms with van der Waals surface area (Å²) in [5, 5.41) is 4.48. The lowest BCUT2D eigenvalue weighted by molar-refractivity contribution is -0.139. The number of rotatable bonds is 6. The lowest BCUT2D eigenvalue weighted by atomic mass is 9.94. The number of hydrogen-bond acceptors (Lipinski definition) is 7. The van der Waals surface area contributed by atoms with E-state index in [9.17, 15) is 9.59 Å². The Hall–Kier alpha value is -4.14. The van der Waals surface area contributed by atoms with Gasteiger partial charge in [0.1, 0.15) is 18.9 Å². The van der Waals surface area contributed by atoms with E-state index in [0.717, 1.165) is 24.2 Å². The zero-order valence-electron chi connectivity index (χ0n) is 22.4. The Morgan fingerprint density at radius 2 is 1.71 bits per heavy atom. The molecule has 38 heavy (non-hydrogen) atoms. The minimum Gasteiger partial charge on any atom is -0.463 e. The van der Waals surface area contributed by atoms with E-state index in [0.29, 0.717) is 30.3 Å². The van der Waals surface area contributed by atoms with Gasteiger partial charge in [0, 0.05) is 37.6 Å². The number of carbonyl (C=O) groups excluding carboxylic acids is 2. The third-order valence-corrected chi connectivity index (χ3v) is 7.29. The van der Waals surface area contributed by atoms with Crippen LogP contribution in [-0.2, 0) is 14.3 Å². The van der Waals surface area contributed by atoms with Gasteiger partial charge >= 0.3 is 5.97 Å². The first-order valence-electron chi connectivity index (χ1n) is 13.1. The first-order valence-corrected chi connectivity index (χ1v) is 13.1. The van der Waals surface area contributed by atoms with Gasteiger partial charge in [-0.2, -0.15) is 10.1 Å². The number of carbonyl (C=O) groups is 2. The molecule has 5 rings (SSSR count). The van der Waals surface area contributed by atoms with Crippen molar-refractivity contribution >= 4 is 23.5 Å². The fourth-order valence-electron chi connectivity index (χ4n) is 5.22. The summed E-state index contributed by atoms with van der Waals surface area (Å²) in [5.41, 5.74) is 5.55. The van der Waals surface area contributed by atoms with E-state index in [1.807, 2.05) is 43.0 Å². The first-order chi connectivity index (χ1) is 18.4. The van der Waals surface area contributed by atoms with E-state index < -0.39 is 12.0 Å². The molecular weight excluding hydrogens is 480 g/mol. The highest BCUT2D eigenvalue weighted by atomic mass is 16.5. The van der Waals surface area contributed by atoms with Crippen molar-refractivity contribution in [3.63, 3.8) is 0 Å². The second-order valence-corrected chi connectivity index (χ2v) is 9.83. The molecule has 9 nitrogen and oxygen atoms in total. The molecule has 0 aliphatic carbocycles. The predicted octanol–water partition coefficient (Wildman–Crippen LogP) is 3.49. The molecule has 198 valence electrons. The zero-order chi connectivity index (χ0) is 26.8. The van der Waals surface area contributed by atoms with Gasteiger partial charge in [0.2, 0.25) is 11.9 Å². The van der Waals surface area contributed by atoms with Crippen molar-refractivity contribution in [3.8, 4) is 0 Å². The van der Waals surface area contributed by atoms with Gasteiger partial charge in [-0.05, 0) is 51.0 Å². The monoisotopic (exact) mass is 514 g/mol. The van der Waals surface area contributed by atoms with Gasteiger partial charge in [-0.25, -0.2) is 9.48 Å². The summed E-state index contributed by atoms with van der Waals surface area (Å²) < 4.78 is 7.18. The minimum atomic E-state index is -0.489. The Labute approximate surface area is 223 Å². The highest BCUT2D eigenvalue weighted by Crippen LogP contribution is 2.38. The van der Waals surface area contributed by atoms with E-state index in [4.69, 9.17) is 4.74 Å². The van der Waals surface area contributed by atoms with Crippen LogP contribution < -0.4 is 9.80 Å². The van der Waals surface area contributed by atoms with Gasteiger partial charge in [0.05, 0.1) is 12.2 Å². The summed E-state index contributed by atoms with van der Waals surface area (Å²) in [6, 6.07) is 16.0. The van der Waals surface area contributed by atoms with Crippen molar-refractivity contribution < 1.29 is 14.3 Å². The number of fused-ring (bicyclic) bond motifs is 1. The van der Waals surface area contributed by atoms with E-state index in [-0.39, 0.29) is 19.1 Å². The number of hydrogen-bond donors (Lipinski definition) is 0. The predicted molar refractivity (Wildman–Crippen MR) is 146 cm³/mol. The van der Waals surface area contributed by atoms with Crippen LogP contribution in [0.15, 0.2) is 66.1 Å². The number of anilines is 2. The minimum absolute atomic E-state index is 0.0141. The molecule has 0 unspecified atom stereocenters. The molecule has 2 aliphatic heterocycles. The largest absolute Gasteiger partial charge is 0.463 e. The number of aromatic nitrogens is 3. The maximum Gasteiger partial charge on any atom is 0.338 e. The second kappa shape index (κ2) is 10.7. The van der Waals surface area contributed by atoms with E-state index >= 15 is 0 Å². The Morgan fingerprint density at radius 1 is 0.974 bits per heavy atom. The summed E-state index contributed by atoms with van der Waals surface area (Å²) in [7, 11) is 0. The van der Waals surface area contributed by atoms with Gasteiger partial charge in [0.25, 0.3) is 0 Å². The molecule has 0 radical (unpaired) electrons. The molecule has 1 amide bonds. The number of ether oxygens (including phenoxy) is 1. The molecule has 0 spiro atoms. The lowest BCUT2D eigenvalue weighted by Gasteiger charge is -2.39. The van der Waals surface area contributed by atoms with E-state index in [1.54, 1.807) is 16.5 Å². The molecule has 0 bridgehead atoms. The van der Waals surface area contributed by atoms with Gasteiger partial charge in [0.15, 0.2) is 0 Å².